The van der Waals surface area contributed by atoms with Crippen LogP contribution in [0.15, 0.2) is 24.3 Å². The van der Waals surface area contributed by atoms with Crippen LogP contribution in [0.1, 0.15) is 19.4 Å². The van der Waals surface area contributed by atoms with E-state index in [1.54, 1.807) is 6.07 Å². The second-order valence-electron chi connectivity index (χ2n) is 5.12. The van der Waals surface area contributed by atoms with Crippen LogP contribution in [0.25, 0.3) is 0 Å². The first-order chi connectivity index (χ1) is 10.4. The van der Waals surface area contributed by atoms with E-state index in [-0.39, 0.29) is 12.3 Å². The molecule has 7 heteroatoms. The third kappa shape index (κ3) is 7.37. The number of amides is 3. The van der Waals surface area contributed by atoms with Crippen molar-refractivity contribution in [3.8, 4) is 0 Å². The molecule has 0 atom stereocenters. The Kier molecular flexibility index (Phi) is 7.01. The van der Waals surface area contributed by atoms with Crippen molar-refractivity contribution >= 4 is 17.9 Å². The molecule has 0 aliphatic rings. The molecule has 0 saturated heterocycles. The van der Waals surface area contributed by atoms with E-state index in [0.29, 0.717) is 12.1 Å². The number of esters is 1. The molecule has 0 spiro atoms. The molecular formula is C15H19FN2O4. The molecule has 3 amide bonds. The molecule has 1 aromatic carbocycles. The summed E-state index contributed by atoms with van der Waals surface area (Å²) >= 11 is 0. The third-order valence-corrected chi connectivity index (χ3v) is 2.53. The van der Waals surface area contributed by atoms with Gasteiger partial charge in [-0.1, -0.05) is 26.0 Å². The first kappa shape index (κ1) is 17.6. The third-order valence-electron chi connectivity index (χ3n) is 2.53. The van der Waals surface area contributed by atoms with Gasteiger partial charge in [-0.3, -0.25) is 14.9 Å². The van der Waals surface area contributed by atoms with E-state index in [4.69, 9.17) is 4.74 Å². The van der Waals surface area contributed by atoms with Crippen LogP contribution in [0, 0.1) is 11.7 Å². The van der Waals surface area contributed by atoms with Gasteiger partial charge in [-0.05, 0) is 23.6 Å². The van der Waals surface area contributed by atoms with Gasteiger partial charge in [0.05, 0.1) is 6.42 Å². The van der Waals surface area contributed by atoms with Crippen molar-refractivity contribution in [2.75, 3.05) is 13.2 Å². The number of carbonyl (C=O) groups excluding carboxylic acids is 3. The number of hydrogen-bond acceptors (Lipinski definition) is 4. The van der Waals surface area contributed by atoms with Crippen molar-refractivity contribution < 1.29 is 23.5 Å². The van der Waals surface area contributed by atoms with Gasteiger partial charge in [-0.25, -0.2) is 9.18 Å². The molecule has 0 aromatic heterocycles. The van der Waals surface area contributed by atoms with Gasteiger partial charge in [0.1, 0.15) is 5.82 Å². The van der Waals surface area contributed by atoms with Gasteiger partial charge in [-0.2, -0.15) is 0 Å². The van der Waals surface area contributed by atoms with Crippen molar-refractivity contribution in [2.45, 2.75) is 20.3 Å². The number of halogens is 1. The molecule has 0 radical (unpaired) electrons. The second kappa shape index (κ2) is 8.76. The molecule has 120 valence electrons. The van der Waals surface area contributed by atoms with Gasteiger partial charge in [0.2, 0.25) is 0 Å². The number of imide groups is 1. The molecule has 0 aliphatic heterocycles. The van der Waals surface area contributed by atoms with Crippen LogP contribution in [-0.2, 0) is 20.7 Å². The summed E-state index contributed by atoms with van der Waals surface area (Å²) in [6.07, 6.45) is -0.148. The zero-order valence-electron chi connectivity index (χ0n) is 12.5. The summed E-state index contributed by atoms with van der Waals surface area (Å²) in [5.74, 6) is -1.60. The fourth-order valence-corrected chi connectivity index (χ4v) is 1.51. The van der Waals surface area contributed by atoms with E-state index < -0.39 is 30.3 Å². The Balaban J connectivity index is 2.28. The highest BCUT2D eigenvalue weighted by Crippen LogP contribution is 2.04. The normalized spacial score (nSPS) is 10.2. The van der Waals surface area contributed by atoms with Crippen LogP contribution in [0.2, 0.25) is 0 Å². The highest BCUT2D eigenvalue weighted by Gasteiger charge is 2.11. The number of ether oxygens (including phenoxy) is 1. The molecule has 0 heterocycles. The number of rotatable bonds is 6. The molecule has 1 rings (SSSR count). The Morgan fingerprint density at radius 1 is 1.27 bits per heavy atom. The quantitative estimate of drug-likeness (QED) is 0.778. The van der Waals surface area contributed by atoms with Crippen molar-refractivity contribution in [1.82, 2.24) is 10.6 Å². The molecular weight excluding hydrogens is 291 g/mol. The van der Waals surface area contributed by atoms with Crippen LogP contribution in [0.3, 0.4) is 0 Å². The lowest BCUT2D eigenvalue weighted by molar-refractivity contribution is -0.147. The van der Waals surface area contributed by atoms with Gasteiger partial charge in [-0.15, -0.1) is 0 Å². The van der Waals surface area contributed by atoms with E-state index in [1.807, 2.05) is 19.2 Å². The zero-order valence-corrected chi connectivity index (χ0v) is 12.5. The Bertz CT molecular complexity index is 546. The number of hydrogen-bond donors (Lipinski definition) is 2. The average molecular weight is 310 g/mol. The summed E-state index contributed by atoms with van der Waals surface area (Å²) < 4.78 is 17.7. The maximum atomic E-state index is 12.9. The SMILES string of the molecule is CC(C)CNC(=O)NC(=O)COC(=O)Cc1cccc(F)c1. The lowest BCUT2D eigenvalue weighted by Crippen LogP contribution is -2.42. The largest absolute Gasteiger partial charge is 0.455 e. The summed E-state index contributed by atoms with van der Waals surface area (Å²) in [5.41, 5.74) is 0.445. The topological polar surface area (TPSA) is 84.5 Å². The van der Waals surface area contributed by atoms with Crippen LogP contribution in [0.5, 0.6) is 0 Å². The van der Waals surface area contributed by atoms with Gasteiger partial charge < -0.3 is 10.1 Å². The minimum atomic E-state index is -0.728. The van der Waals surface area contributed by atoms with E-state index in [0.717, 1.165) is 0 Å². The molecule has 0 fully saturated rings. The summed E-state index contributed by atoms with van der Waals surface area (Å²) in [4.78, 5) is 34.2. The van der Waals surface area contributed by atoms with Crippen LogP contribution in [-0.4, -0.2) is 31.1 Å². The number of benzene rings is 1. The molecule has 6 nitrogen and oxygen atoms in total. The van der Waals surface area contributed by atoms with Crippen LogP contribution < -0.4 is 10.6 Å². The van der Waals surface area contributed by atoms with Gasteiger partial charge in [0.15, 0.2) is 6.61 Å². The maximum absolute atomic E-state index is 12.9. The Labute approximate surface area is 128 Å². The minimum absolute atomic E-state index is 0.148. The summed E-state index contributed by atoms with van der Waals surface area (Å²) in [6.45, 7) is 3.69. The van der Waals surface area contributed by atoms with E-state index >= 15 is 0 Å². The Morgan fingerprint density at radius 2 is 2.00 bits per heavy atom. The monoisotopic (exact) mass is 310 g/mol. The predicted octanol–water partition coefficient (Wildman–Crippen LogP) is 1.39. The van der Waals surface area contributed by atoms with Gasteiger partial charge in [0, 0.05) is 6.54 Å². The second-order valence-corrected chi connectivity index (χ2v) is 5.12. The summed E-state index contributed by atoms with van der Waals surface area (Å²) in [5, 5.41) is 4.53. The molecule has 1 aromatic rings. The fourth-order valence-electron chi connectivity index (χ4n) is 1.51. The van der Waals surface area contributed by atoms with E-state index in [1.165, 1.54) is 18.2 Å². The minimum Gasteiger partial charge on any atom is -0.455 e. The first-order valence-electron chi connectivity index (χ1n) is 6.84. The van der Waals surface area contributed by atoms with Gasteiger partial charge >= 0.3 is 12.0 Å². The van der Waals surface area contributed by atoms with E-state index in [9.17, 15) is 18.8 Å². The van der Waals surface area contributed by atoms with Crippen molar-refractivity contribution in [1.29, 1.82) is 0 Å². The smallest absolute Gasteiger partial charge is 0.321 e. The van der Waals surface area contributed by atoms with Crippen molar-refractivity contribution in [3.05, 3.63) is 35.6 Å². The lowest BCUT2D eigenvalue weighted by Gasteiger charge is -2.09. The van der Waals surface area contributed by atoms with Crippen LogP contribution >= 0.6 is 0 Å². The predicted molar refractivity (Wildman–Crippen MR) is 77.4 cm³/mol. The zero-order chi connectivity index (χ0) is 16.5. The van der Waals surface area contributed by atoms with E-state index in [2.05, 4.69) is 5.32 Å². The number of carbonyl (C=O) groups is 3. The first-order valence-corrected chi connectivity index (χ1v) is 6.84. The maximum Gasteiger partial charge on any atom is 0.321 e. The highest BCUT2D eigenvalue weighted by atomic mass is 19.1. The summed E-state index contributed by atoms with van der Waals surface area (Å²) in [7, 11) is 0. The molecule has 2 N–H and O–H groups in total. The van der Waals surface area contributed by atoms with Crippen molar-refractivity contribution in [3.63, 3.8) is 0 Å². The summed E-state index contributed by atoms with van der Waals surface area (Å²) in [6, 6.07) is 4.88. The number of nitrogens with one attached hydrogen (secondary N) is 2. The molecule has 0 aliphatic carbocycles. The Morgan fingerprint density at radius 3 is 2.64 bits per heavy atom. The van der Waals surface area contributed by atoms with Crippen LogP contribution in [0.4, 0.5) is 9.18 Å². The molecule has 0 saturated carbocycles. The fraction of sp³-hybridized carbons (Fsp3) is 0.400. The molecule has 22 heavy (non-hydrogen) atoms. The van der Waals surface area contributed by atoms with Gasteiger partial charge in [0.25, 0.3) is 5.91 Å². The lowest BCUT2D eigenvalue weighted by atomic mass is 10.1. The van der Waals surface area contributed by atoms with Crippen molar-refractivity contribution in [2.24, 2.45) is 5.92 Å². The molecule has 0 unspecified atom stereocenters. The standard InChI is InChI=1S/C15H19FN2O4/c1-10(2)8-17-15(21)18-13(19)9-22-14(20)7-11-4-3-5-12(16)6-11/h3-6,10H,7-9H2,1-2H3,(H2,17,18,19,21). The molecule has 0 bridgehead atoms. The Hall–Kier alpha value is -2.44. The highest BCUT2D eigenvalue weighted by molar-refractivity contribution is 5.95. The number of urea groups is 1. The average Bonchev–Trinajstić information content (AvgIpc) is 2.43.